The summed E-state index contributed by atoms with van der Waals surface area (Å²) in [5.74, 6) is 0.785. The monoisotopic (exact) mass is 539 g/mol. The van der Waals surface area contributed by atoms with Crippen molar-refractivity contribution in [2.24, 2.45) is 11.8 Å². The SMILES string of the molecule is CCc1cnc2ccccc2c1C(=O)N1CCC(N2CC[C@H](Cc3ccc(Cl)c(Cl)c3)[C@H](CO)C2)CC1. The number of aliphatic hydroxyl groups is 1. The zero-order chi connectivity index (χ0) is 25.9. The van der Waals surface area contributed by atoms with Crippen molar-refractivity contribution in [2.45, 2.75) is 45.1 Å². The molecule has 1 aromatic heterocycles. The zero-order valence-corrected chi connectivity index (χ0v) is 22.9. The molecule has 2 atom stereocenters. The highest BCUT2D eigenvalue weighted by Crippen LogP contribution is 2.32. The first kappa shape index (κ1) is 26.4. The smallest absolute Gasteiger partial charge is 0.254 e. The number of piperidine rings is 2. The quantitative estimate of drug-likeness (QED) is 0.424. The molecule has 1 N–H and O–H groups in total. The summed E-state index contributed by atoms with van der Waals surface area (Å²) >= 11 is 12.3. The Morgan fingerprint density at radius 3 is 2.54 bits per heavy atom. The van der Waals surface area contributed by atoms with Crippen LogP contribution in [0.15, 0.2) is 48.7 Å². The van der Waals surface area contributed by atoms with Gasteiger partial charge >= 0.3 is 0 Å². The molecule has 2 aliphatic heterocycles. The Bertz CT molecular complexity index is 1260. The average Bonchev–Trinajstić information content (AvgIpc) is 2.94. The fraction of sp³-hybridized carbons (Fsp3) is 0.467. The number of benzene rings is 2. The van der Waals surface area contributed by atoms with Crippen LogP contribution in [0.5, 0.6) is 0 Å². The van der Waals surface area contributed by atoms with Gasteiger partial charge in [0.2, 0.25) is 0 Å². The van der Waals surface area contributed by atoms with Crippen molar-refractivity contribution in [3.8, 4) is 0 Å². The minimum atomic E-state index is 0.127. The number of aromatic nitrogens is 1. The van der Waals surface area contributed by atoms with Crippen LogP contribution in [-0.2, 0) is 12.8 Å². The molecule has 37 heavy (non-hydrogen) atoms. The predicted octanol–water partition coefficient (Wildman–Crippen LogP) is 5.88. The van der Waals surface area contributed by atoms with Crippen LogP contribution in [0, 0.1) is 11.8 Å². The molecule has 2 fully saturated rings. The van der Waals surface area contributed by atoms with Crippen LogP contribution in [0.3, 0.4) is 0 Å². The molecule has 0 aliphatic carbocycles. The lowest BCUT2D eigenvalue weighted by Gasteiger charge is -2.44. The number of amides is 1. The number of hydrogen-bond acceptors (Lipinski definition) is 4. The number of hydrogen-bond donors (Lipinski definition) is 1. The first-order valence-electron chi connectivity index (χ1n) is 13.4. The minimum absolute atomic E-state index is 0.127. The number of fused-ring (bicyclic) bond motifs is 1. The Morgan fingerprint density at radius 2 is 1.81 bits per heavy atom. The van der Waals surface area contributed by atoms with Crippen LogP contribution in [0.1, 0.15) is 47.7 Å². The Labute approximate surface area is 229 Å². The highest BCUT2D eigenvalue weighted by Gasteiger charge is 2.35. The normalized spacial score (nSPS) is 21.5. The van der Waals surface area contributed by atoms with Crippen LogP contribution < -0.4 is 0 Å². The minimum Gasteiger partial charge on any atom is -0.396 e. The summed E-state index contributed by atoms with van der Waals surface area (Å²) in [7, 11) is 0. The Kier molecular flexibility index (Phi) is 8.35. The van der Waals surface area contributed by atoms with Gasteiger partial charge < -0.3 is 10.0 Å². The summed E-state index contributed by atoms with van der Waals surface area (Å²) in [4.78, 5) is 22.8. The van der Waals surface area contributed by atoms with Crippen molar-refractivity contribution in [3.63, 3.8) is 0 Å². The summed E-state index contributed by atoms with van der Waals surface area (Å²) in [6.07, 6.45) is 6.53. The average molecular weight is 541 g/mol. The van der Waals surface area contributed by atoms with E-state index in [1.165, 1.54) is 5.56 Å². The number of aryl methyl sites for hydroxylation is 1. The van der Waals surface area contributed by atoms with Gasteiger partial charge in [0.05, 0.1) is 21.1 Å². The van der Waals surface area contributed by atoms with E-state index in [1.807, 2.05) is 53.6 Å². The van der Waals surface area contributed by atoms with Crippen LogP contribution in [0.2, 0.25) is 10.0 Å². The molecule has 1 amide bonds. The number of carbonyl (C=O) groups is 1. The number of rotatable bonds is 6. The van der Waals surface area contributed by atoms with Gasteiger partial charge in [0.1, 0.15) is 0 Å². The molecule has 0 unspecified atom stereocenters. The molecular formula is C30H35Cl2N3O2. The van der Waals surface area contributed by atoms with Gasteiger partial charge in [-0.15, -0.1) is 0 Å². The Hall–Kier alpha value is -2.18. The van der Waals surface area contributed by atoms with E-state index in [4.69, 9.17) is 23.2 Å². The number of para-hydroxylation sites is 1. The second kappa shape index (κ2) is 11.7. The second-order valence-corrected chi connectivity index (χ2v) is 11.3. The second-order valence-electron chi connectivity index (χ2n) is 10.5. The van der Waals surface area contributed by atoms with Gasteiger partial charge in [0.15, 0.2) is 0 Å². The molecule has 0 bridgehead atoms. The summed E-state index contributed by atoms with van der Waals surface area (Å²) < 4.78 is 0. The van der Waals surface area contributed by atoms with E-state index < -0.39 is 0 Å². The number of pyridine rings is 1. The summed E-state index contributed by atoms with van der Waals surface area (Å²) in [5.41, 5.74) is 3.88. The molecular weight excluding hydrogens is 505 g/mol. The van der Waals surface area contributed by atoms with E-state index in [0.29, 0.717) is 22.0 Å². The fourth-order valence-electron chi connectivity index (χ4n) is 6.18. The molecule has 2 aliphatic rings. The molecule has 3 heterocycles. The van der Waals surface area contributed by atoms with E-state index in [1.54, 1.807) is 0 Å². The van der Waals surface area contributed by atoms with E-state index in [2.05, 4.69) is 16.8 Å². The van der Waals surface area contributed by atoms with Crippen molar-refractivity contribution >= 4 is 40.0 Å². The van der Waals surface area contributed by atoms with Crippen LogP contribution in [0.25, 0.3) is 10.9 Å². The van der Waals surface area contributed by atoms with Gasteiger partial charge in [-0.1, -0.05) is 54.4 Å². The van der Waals surface area contributed by atoms with Crippen molar-refractivity contribution in [3.05, 3.63) is 75.4 Å². The van der Waals surface area contributed by atoms with Crippen LogP contribution in [-0.4, -0.2) is 64.6 Å². The molecule has 2 aromatic carbocycles. The summed E-state index contributed by atoms with van der Waals surface area (Å²) in [6, 6.07) is 14.2. The van der Waals surface area contributed by atoms with E-state index in [0.717, 1.165) is 80.3 Å². The van der Waals surface area contributed by atoms with Crippen molar-refractivity contribution in [1.82, 2.24) is 14.8 Å². The highest BCUT2D eigenvalue weighted by atomic mass is 35.5. The van der Waals surface area contributed by atoms with Crippen LogP contribution >= 0.6 is 23.2 Å². The van der Waals surface area contributed by atoms with Gasteiger partial charge in [0, 0.05) is 43.9 Å². The zero-order valence-electron chi connectivity index (χ0n) is 21.4. The first-order chi connectivity index (χ1) is 18.0. The standard InChI is InChI=1S/C30H35Cl2N3O2/c1-2-21-17-33-28-6-4-3-5-25(28)29(21)30(37)34-13-10-24(11-14-34)35-12-9-22(23(18-35)19-36)15-20-7-8-26(31)27(32)16-20/h3-8,16-17,22-24,36H,2,9-15,18-19H2,1H3/t22-,23+/m1/s1. The maximum absolute atomic E-state index is 13.7. The molecule has 0 saturated carbocycles. The molecule has 5 nitrogen and oxygen atoms in total. The van der Waals surface area contributed by atoms with Gasteiger partial charge in [-0.2, -0.15) is 0 Å². The van der Waals surface area contributed by atoms with E-state index in [9.17, 15) is 9.90 Å². The molecule has 0 spiro atoms. The van der Waals surface area contributed by atoms with Gasteiger partial charge in [0.25, 0.3) is 5.91 Å². The number of halogens is 2. The van der Waals surface area contributed by atoms with Crippen molar-refractivity contribution in [1.29, 1.82) is 0 Å². The Balaban J connectivity index is 1.21. The molecule has 3 aromatic rings. The summed E-state index contributed by atoms with van der Waals surface area (Å²) in [5, 5.41) is 12.3. The van der Waals surface area contributed by atoms with Crippen molar-refractivity contribution in [2.75, 3.05) is 32.8 Å². The topological polar surface area (TPSA) is 56.7 Å². The third-order valence-electron chi connectivity index (χ3n) is 8.36. The lowest BCUT2D eigenvalue weighted by molar-refractivity contribution is 0.0242. The third kappa shape index (κ3) is 5.65. The molecule has 5 rings (SSSR count). The molecule has 0 radical (unpaired) electrons. The number of nitrogens with zero attached hydrogens (tertiary/aromatic N) is 3. The molecule has 7 heteroatoms. The van der Waals surface area contributed by atoms with E-state index >= 15 is 0 Å². The van der Waals surface area contributed by atoms with E-state index in [-0.39, 0.29) is 18.4 Å². The maximum Gasteiger partial charge on any atom is 0.254 e. The van der Waals surface area contributed by atoms with Gasteiger partial charge in [-0.3, -0.25) is 14.7 Å². The lowest BCUT2D eigenvalue weighted by atomic mass is 9.80. The lowest BCUT2D eigenvalue weighted by Crippen LogP contribution is -2.52. The van der Waals surface area contributed by atoms with Crippen LogP contribution in [0.4, 0.5) is 0 Å². The number of aliphatic hydroxyl groups excluding tert-OH is 1. The van der Waals surface area contributed by atoms with Gasteiger partial charge in [-0.25, -0.2) is 0 Å². The highest BCUT2D eigenvalue weighted by molar-refractivity contribution is 6.42. The number of likely N-dealkylation sites (tertiary alicyclic amines) is 2. The fourth-order valence-corrected chi connectivity index (χ4v) is 6.50. The molecule has 2 saturated heterocycles. The maximum atomic E-state index is 13.7. The predicted molar refractivity (Wildman–Crippen MR) is 150 cm³/mol. The third-order valence-corrected chi connectivity index (χ3v) is 9.10. The number of carbonyl (C=O) groups excluding carboxylic acids is 1. The Morgan fingerprint density at radius 1 is 1.03 bits per heavy atom. The molecule has 196 valence electrons. The summed E-state index contributed by atoms with van der Waals surface area (Å²) in [6.45, 7) is 5.71. The first-order valence-corrected chi connectivity index (χ1v) is 14.2. The largest absolute Gasteiger partial charge is 0.396 e. The van der Waals surface area contributed by atoms with Gasteiger partial charge in [-0.05, 0) is 79.8 Å². The van der Waals surface area contributed by atoms with Crippen molar-refractivity contribution < 1.29 is 9.90 Å².